The first-order valence-electron chi connectivity index (χ1n) is 4.39. The number of hydrogen-bond acceptors (Lipinski definition) is 4. The van der Waals surface area contributed by atoms with Gasteiger partial charge in [0.15, 0.2) is 11.5 Å². The third kappa shape index (κ3) is 2.04. The smallest absolute Gasteiger partial charge is 0.279 e. The van der Waals surface area contributed by atoms with E-state index in [0.29, 0.717) is 11.6 Å². The summed E-state index contributed by atoms with van der Waals surface area (Å²) in [7, 11) is 1.77. The van der Waals surface area contributed by atoms with E-state index in [4.69, 9.17) is 4.52 Å². The summed E-state index contributed by atoms with van der Waals surface area (Å²) in [5.41, 5.74) is 0.248. The van der Waals surface area contributed by atoms with Crippen LogP contribution in [-0.2, 0) is 7.05 Å². The molecule has 1 amide bonds. The van der Waals surface area contributed by atoms with E-state index in [1.165, 1.54) is 0 Å². The first kappa shape index (κ1) is 9.45. The highest BCUT2D eigenvalue weighted by atomic mass is 16.5. The molecular weight excluding hydrogens is 196 g/mol. The van der Waals surface area contributed by atoms with Crippen molar-refractivity contribution < 1.29 is 9.32 Å². The van der Waals surface area contributed by atoms with Gasteiger partial charge in [-0.1, -0.05) is 5.16 Å². The average molecular weight is 206 g/mol. The molecule has 78 valence electrons. The first-order valence-corrected chi connectivity index (χ1v) is 4.39. The van der Waals surface area contributed by atoms with Gasteiger partial charge in [-0.05, 0) is 6.92 Å². The highest BCUT2D eigenvalue weighted by Gasteiger charge is 2.11. The Hall–Kier alpha value is -2.11. The lowest BCUT2D eigenvalue weighted by molar-refractivity contribution is 0.101. The fourth-order valence-corrected chi connectivity index (χ4v) is 1.14. The van der Waals surface area contributed by atoms with E-state index in [9.17, 15) is 4.79 Å². The Balaban J connectivity index is 2.10. The van der Waals surface area contributed by atoms with Crippen LogP contribution >= 0.6 is 0 Å². The van der Waals surface area contributed by atoms with E-state index in [0.717, 1.165) is 0 Å². The van der Waals surface area contributed by atoms with E-state index in [1.54, 1.807) is 37.0 Å². The zero-order valence-electron chi connectivity index (χ0n) is 8.39. The maximum Gasteiger partial charge on any atom is 0.279 e. The predicted molar refractivity (Wildman–Crippen MR) is 52.4 cm³/mol. The van der Waals surface area contributed by atoms with Gasteiger partial charge >= 0.3 is 0 Å². The number of anilines is 1. The summed E-state index contributed by atoms with van der Waals surface area (Å²) < 4.78 is 6.39. The molecule has 15 heavy (non-hydrogen) atoms. The summed E-state index contributed by atoms with van der Waals surface area (Å²) in [6, 6.07) is 3.27. The van der Waals surface area contributed by atoms with Crippen molar-refractivity contribution in [2.75, 3.05) is 5.32 Å². The maximum absolute atomic E-state index is 11.6. The highest BCUT2D eigenvalue weighted by molar-refractivity contribution is 6.02. The van der Waals surface area contributed by atoms with Gasteiger partial charge in [-0.2, -0.15) is 5.10 Å². The van der Waals surface area contributed by atoms with Crippen molar-refractivity contribution in [3.63, 3.8) is 0 Å². The highest BCUT2D eigenvalue weighted by Crippen LogP contribution is 2.06. The third-order valence-corrected chi connectivity index (χ3v) is 1.82. The SMILES string of the molecule is Cc1cc(C(=O)Nc2ccn(C)n2)no1. The van der Waals surface area contributed by atoms with Gasteiger partial charge in [0.2, 0.25) is 0 Å². The lowest BCUT2D eigenvalue weighted by Crippen LogP contribution is -2.12. The second-order valence-electron chi connectivity index (χ2n) is 3.15. The van der Waals surface area contributed by atoms with E-state index in [-0.39, 0.29) is 11.6 Å². The molecule has 0 unspecified atom stereocenters. The molecule has 2 heterocycles. The Labute approximate surface area is 85.9 Å². The van der Waals surface area contributed by atoms with Gasteiger partial charge in [0.25, 0.3) is 5.91 Å². The molecule has 0 atom stereocenters. The lowest BCUT2D eigenvalue weighted by Gasteiger charge is -1.96. The van der Waals surface area contributed by atoms with Gasteiger partial charge < -0.3 is 9.84 Å². The summed E-state index contributed by atoms with van der Waals surface area (Å²) in [6.45, 7) is 1.73. The summed E-state index contributed by atoms with van der Waals surface area (Å²) in [5, 5.41) is 10.2. The third-order valence-electron chi connectivity index (χ3n) is 1.82. The maximum atomic E-state index is 11.6. The molecule has 0 aliphatic heterocycles. The average Bonchev–Trinajstić information content (AvgIpc) is 2.75. The minimum Gasteiger partial charge on any atom is -0.361 e. The number of amides is 1. The molecule has 0 fully saturated rings. The standard InChI is InChI=1S/C9H10N4O2/c1-6-5-7(12-15-6)9(14)10-8-3-4-13(2)11-8/h3-5H,1-2H3,(H,10,11,14). The van der Waals surface area contributed by atoms with Crippen LogP contribution in [-0.4, -0.2) is 20.8 Å². The Morgan fingerprint density at radius 2 is 2.40 bits per heavy atom. The quantitative estimate of drug-likeness (QED) is 0.794. The van der Waals surface area contributed by atoms with E-state index in [1.807, 2.05) is 0 Å². The molecule has 0 bridgehead atoms. The fourth-order valence-electron chi connectivity index (χ4n) is 1.14. The second-order valence-corrected chi connectivity index (χ2v) is 3.15. The molecule has 2 aromatic rings. The molecule has 0 spiro atoms. The van der Waals surface area contributed by atoms with Crippen molar-refractivity contribution >= 4 is 11.7 Å². The second kappa shape index (κ2) is 3.56. The van der Waals surface area contributed by atoms with Crippen molar-refractivity contribution in [2.45, 2.75) is 6.92 Å². The number of carbonyl (C=O) groups is 1. The lowest BCUT2D eigenvalue weighted by atomic mass is 10.3. The van der Waals surface area contributed by atoms with Crippen LogP contribution in [0.25, 0.3) is 0 Å². The van der Waals surface area contributed by atoms with Crippen molar-refractivity contribution in [1.82, 2.24) is 14.9 Å². The van der Waals surface area contributed by atoms with Crippen molar-refractivity contribution in [3.05, 3.63) is 29.8 Å². The van der Waals surface area contributed by atoms with E-state index >= 15 is 0 Å². The van der Waals surface area contributed by atoms with Crippen molar-refractivity contribution in [2.24, 2.45) is 7.05 Å². The normalized spacial score (nSPS) is 10.3. The monoisotopic (exact) mass is 206 g/mol. The van der Waals surface area contributed by atoms with E-state index < -0.39 is 0 Å². The van der Waals surface area contributed by atoms with Crippen molar-refractivity contribution in [1.29, 1.82) is 0 Å². The molecule has 0 radical (unpaired) electrons. The number of rotatable bonds is 2. The number of hydrogen-bond donors (Lipinski definition) is 1. The zero-order valence-corrected chi connectivity index (χ0v) is 8.39. The summed E-state index contributed by atoms with van der Waals surface area (Å²) >= 11 is 0. The van der Waals surface area contributed by atoms with Crippen LogP contribution in [0.5, 0.6) is 0 Å². The Kier molecular flexibility index (Phi) is 2.24. The van der Waals surface area contributed by atoms with Crippen molar-refractivity contribution in [3.8, 4) is 0 Å². The van der Waals surface area contributed by atoms with E-state index in [2.05, 4.69) is 15.6 Å². The molecule has 6 heteroatoms. The number of nitrogens with one attached hydrogen (secondary N) is 1. The minimum atomic E-state index is -0.328. The van der Waals surface area contributed by atoms with Crippen LogP contribution in [0.15, 0.2) is 22.9 Å². The molecule has 0 aliphatic carbocycles. The zero-order chi connectivity index (χ0) is 10.8. The Morgan fingerprint density at radius 3 is 2.93 bits per heavy atom. The molecule has 0 aliphatic rings. The Morgan fingerprint density at radius 1 is 1.60 bits per heavy atom. The Bertz CT molecular complexity index is 486. The fraction of sp³-hybridized carbons (Fsp3) is 0.222. The first-order chi connectivity index (χ1) is 7.15. The molecule has 0 saturated heterocycles. The summed E-state index contributed by atoms with van der Waals surface area (Å²) in [6.07, 6.45) is 1.74. The number of aromatic nitrogens is 3. The van der Waals surface area contributed by atoms with Crippen LogP contribution in [0.3, 0.4) is 0 Å². The topological polar surface area (TPSA) is 73.0 Å². The molecule has 0 saturated carbocycles. The predicted octanol–water partition coefficient (Wildman–Crippen LogP) is 0.969. The van der Waals surface area contributed by atoms with Crippen LogP contribution in [0, 0.1) is 6.92 Å². The van der Waals surface area contributed by atoms with Gasteiger partial charge in [-0.15, -0.1) is 0 Å². The number of nitrogens with zero attached hydrogens (tertiary/aromatic N) is 3. The molecule has 0 aromatic carbocycles. The van der Waals surface area contributed by atoms with Gasteiger partial charge in [-0.3, -0.25) is 9.48 Å². The molecule has 2 rings (SSSR count). The van der Waals surface area contributed by atoms with Crippen LogP contribution in [0.1, 0.15) is 16.2 Å². The van der Waals surface area contributed by atoms with Gasteiger partial charge in [0.05, 0.1) is 0 Å². The molecule has 1 N–H and O–H groups in total. The van der Waals surface area contributed by atoms with Crippen LogP contribution in [0.4, 0.5) is 5.82 Å². The molecule has 6 nitrogen and oxygen atoms in total. The number of carbonyl (C=O) groups excluding carboxylic acids is 1. The summed E-state index contributed by atoms with van der Waals surface area (Å²) in [4.78, 5) is 11.6. The van der Waals surface area contributed by atoms with Gasteiger partial charge in [0, 0.05) is 25.4 Å². The van der Waals surface area contributed by atoms with Crippen LogP contribution < -0.4 is 5.32 Å². The minimum absolute atomic E-state index is 0.248. The largest absolute Gasteiger partial charge is 0.361 e. The van der Waals surface area contributed by atoms with Gasteiger partial charge in [0.1, 0.15) is 5.76 Å². The number of aryl methyl sites for hydroxylation is 2. The van der Waals surface area contributed by atoms with Gasteiger partial charge in [-0.25, -0.2) is 0 Å². The molecule has 2 aromatic heterocycles. The summed E-state index contributed by atoms with van der Waals surface area (Å²) in [5.74, 6) is 0.759. The molecular formula is C9H10N4O2. The van der Waals surface area contributed by atoms with Crippen LogP contribution in [0.2, 0.25) is 0 Å².